The summed E-state index contributed by atoms with van der Waals surface area (Å²) in [4.78, 5) is 17.7. The van der Waals surface area contributed by atoms with Crippen molar-refractivity contribution in [1.82, 2.24) is 15.1 Å². The summed E-state index contributed by atoms with van der Waals surface area (Å²) in [6.07, 6.45) is 1.59. The lowest BCUT2D eigenvalue weighted by atomic mass is 9.96. The summed E-state index contributed by atoms with van der Waals surface area (Å²) in [5, 5.41) is 3.18. The molecule has 0 aromatic heterocycles. The number of ether oxygens (including phenoxy) is 3. The average Bonchev–Trinajstić information content (AvgIpc) is 3.29. The van der Waals surface area contributed by atoms with Crippen LogP contribution in [-0.4, -0.2) is 93.1 Å². The molecule has 1 amide bonds. The lowest BCUT2D eigenvalue weighted by Crippen LogP contribution is -2.52. The van der Waals surface area contributed by atoms with Crippen molar-refractivity contribution in [2.45, 2.75) is 45.1 Å². The van der Waals surface area contributed by atoms with E-state index in [0.29, 0.717) is 18.5 Å². The summed E-state index contributed by atoms with van der Waals surface area (Å²) in [7, 11) is 0. The first-order valence-electron chi connectivity index (χ1n) is 11.7. The maximum absolute atomic E-state index is 12.8. The average molecular weight is 432 g/mol. The van der Waals surface area contributed by atoms with Crippen LogP contribution in [0.4, 0.5) is 0 Å². The van der Waals surface area contributed by atoms with Crippen molar-refractivity contribution in [1.29, 1.82) is 0 Å². The van der Waals surface area contributed by atoms with Gasteiger partial charge in [0.2, 0.25) is 0 Å². The zero-order valence-electron chi connectivity index (χ0n) is 18.9. The molecule has 0 radical (unpaired) electrons. The molecule has 7 heteroatoms. The quantitative estimate of drug-likeness (QED) is 0.710. The number of carbonyl (C=O) groups excluding carboxylic acids is 1. The molecular weight excluding hydrogens is 394 g/mol. The Bertz CT molecular complexity index is 691. The summed E-state index contributed by atoms with van der Waals surface area (Å²) in [6.45, 7) is 12.7. The molecule has 0 saturated carbocycles. The van der Waals surface area contributed by atoms with Gasteiger partial charge in [-0.2, -0.15) is 0 Å². The van der Waals surface area contributed by atoms with E-state index in [2.05, 4.69) is 41.1 Å². The van der Waals surface area contributed by atoms with Gasteiger partial charge in [-0.1, -0.05) is 12.1 Å². The summed E-state index contributed by atoms with van der Waals surface area (Å²) in [5.74, 6) is 0.469. The van der Waals surface area contributed by atoms with Crippen molar-refractivity contribution in [3.63, 3.8) is 0 Å². The van der Waals surface area contributed by atoms with Gasteiger partial charge in [-0.25, -0.2) is 0 Å². The molecule has 3 fully saturated rings. The van der Waals surface area contributed by atoms with Crippen molar-refractivity contribution in [2.75, 3.05) is 59.2 Å². The minimum Gasteiger partial charge on any atom is -0.381 e. The third-order valence-corrected chi connectivity index (χ3v) is 6.61. The van der Waals surface area contributed by atoms with Gasteiger partial charge >= 0.3 is 0 Å². The Labute approximate surface area is 186 Å². The zero-order valence-corrected chi connectivity index (χ0v) is 18.9. The molecule has 1 aromatic carbocycles. The Balaban J connectivity index is 1.31. The Morgan fingerprint density at radius 3 is 2.42 bits per heavy atom. The fourth-order valence-corrected chi connectivity index (χ4v) is 5.09. The van der Waals surface area contributed by atoms with Gasteiger partial charge in [0, 0.05) is 63.4 Å². The van der Waals surface area contributed by atoms with Crippen LogP contribution in [0, 0.1) is 5.92 Å². The molecule has 3 aliphatic heterocycles. The Morgan fingerprint density at radius 1 is 1.06 bits per heavy atom. The number of benzene rings is 1. The topological polar surface area (TPSA) is 63.3 Å². The standard InChI is InChI=1S/C24H37N3O4/c1-18-14-26(15-19(2)31-18)16-20-3-5-21(6-4-20)24(28)25-13-23(22-7-10-30-17-22)27-8-11-29-12-9-27/h3-6,18-19,22-23H,7-17H2,1-2H3,(H,25,28). The predicted octanol–water partition coefficient (Wildman–Crippen LogP) is 1.76. The molecule has 4 unspecified atom stereocenters. The Kier molecular flexibility index (Phi) is 7.96. The van der Waals surface area contributed by atoms with Crippen molar-refractivity contribution in [3.8, 4) is 0 Å². The first kappa shape index (κ1) is 22.7. The van der Waals surface area contributed by atoms with Crippen molar-refractivity contribution in [2.24, 2.45) is 5.92 Å². The van der Waals surface area contributed by atoms with E-state index in [4.69, 9.17) is 14.2 Å². The lowest BCUT2D eigenvalue weighted by molar-refractivity contribution is -0.0704. The smallest absolute Gasteiger partial charge is 0.251 e. The third-order valence-electron chi connectivity index (χ3n) is 6.61. The molecule has 3 aliphatic rings. The van der Waals surface area contributed by atoms with Crippen molar-refractivity contribution >= 4 is 5.91 Å². The molecule has 3 heterocycles. The van der Waals surface area contributed by atoms with Crippen LogP contribution in [0.15, 0.2) is 24.3 Å². The van der Waals surface area contributed by atoms with Crippen LogP contribution in [0.2, 0.25) is 0 Å². The molecule has 3 saturated heterocycles. The molecule has 4 atom stereocenters. The molecule has 1 aromatic rings. The summed E-state index contributed by atoms with van der Waals surface area (Å²) in [5.41, 5.74) is 1.95. The van der Waals surface area contributed by atoms with Crippen molar-refractivity contribution in [3.05, 3.63) is 35.4 Å². The highest BCUT2D eigenvalue weighted by molar-refractivity contribution is 5.94. The second-order valence-corrected chi connectivity index (χ2v) is 9.20. The van der Waals surface area contributed by atoms with Gasteiger partial charge < -0.3 is 19.5 Å². The third kappa shape index (κ3) is 6.26. The monoisotopic (exact) mass is 431 g/mol. The zero-order chi connectivity index (χ0) is 21.6. The van der Waals surface area contributed by atoms with Crippen molar-refractivity contribution < 1.29 is 19.0 Å². The first-order chi connectivity index (χ1) is 15.1. The molecular formula is C24H37N3O4. The van der Waals surface area contributed by atoms with E-state index in [0.717, 1.165) is 71.1 Å². The number of morpholine rings is 2. The number of nitrogens with zero attached hydrogens (tertiary/aromatic N) is 2. The van der Waals surface area contributed by atoms with Gasteiger partial charge in [0.1, 0.15) is 0 Å². The molecule has 172 valence electrons. The van der Waals surface area contributed by atoms with E-state index < -0.39 is 0 Å². The molecule has 1 N–H and O–H groups in total. The van der Waals surface area contributed by atoms with Crippen LogP contribution in [0.3, 0.4) is 0 Å². The van der Waals surface area contributed by atoms with Crippen LogP contribution in [-0.2, 0) is 20.8 Å². The SMILES string of the molecule is CC1CN(Cc2ccc(C(=O)NCC(C3CCOC3)N3CCOCC3)cc2)CC(C)O1. The van der Waals surface area contributed by atoms with E-state index in [1.807, 2.05) is 12.1 Å². The van der Waals surface area contributed by atoms with E-state index in [1.165, 1.54) is 5.56 Å². The highest BCUT2D eigenvalue weighted by Crippen LogP contribution is 2.22. The minimum absolute atomic E-state index is 0.00246. The normalized spacial score (nSPS) is 29.0. The van der Waals surface area contributed by atoms with E-state index >= 15 is 0 Å². The first-order valence-corrected chi connectivity index (χ1v) is 11.7. The summed E-state index contributed by atoms with van der Waals surface area (Å²) in [6, 6.07) is 8.34. The number of amides is 1. The summed E-state index contributed by atoms with van der Waals surface area (Å²) >= 11 is 0. The van der Waals surface area contributed by atoms with E-state index in [-0.39, 0.29) is 18.1 Å². The van der Waals surface area contributed by atoms with Crippen LogP contribution >= 0.6 is 0 Å². The van der Waals surface area contributed by atoms with Crippen LogP contribution in [0.1, 0.15) is 36.2 Å². The Morgan fingerprint density at radius 2 is 1.77 bits per heavy atom. The molecule has 0 spiro atoms. The lowest BCUT2D eigenvalue weighted by Gasteiger charge is -2.37. The fourth-order valence-electron chi connectivity index (χ4n) is 5.09. The molecule has 7 nitrogen and oxygen atoms in total. The van der Waals surface area contributed by atoms with E-state index in [9.17, 15) is 4.79 Å². The van der Waals surface area contributed by atoms with Gasteiger partial charge in [-0.3, -0.25) is 14.6 Å². The van der Waals surface area contributed by atoms with Gasteiger partial charge in [-0.15, -0.1) is 0 Å². The number of hydrogen-bond acceptors (Lipinski definition) is 6. The number of hydrogen-bond donors (Lipinski definition) is 1. The number of carbonyl (C=O) groups is 1. The van der Waals surface area contributed by atoms with Crippen LogP contribution < -0.4 is 5.32 Å². The number of nitrogens with one attached hydrogen (secondary N) is 1. The predicted molar refractivity (Wildman–Crippen MR) is 119 cm³/mol. The van der Waals surface area contributed by atoms with Crippen LogP contribution in [0.5, 0.6) is 0 Å². The van der Waals surface area contributed by atoms with Gasteiger partial charge in [-0.05, 0) is 38.0 Å². The molecule has 31 heavy (non-hydrogen) atoms. The van der Waals surface area contributed by atoms with E-state index in [1.54, 1.807) is 0 Å². The van der Waals surface area contributed by atoms with Gasteiger partial charge in [0.25, 0.3) is 5.91 Å². The molecule has 0 aliphatic carbocycles. The molecule has 4 rings (SSSR count). The molecule has 0 bridgehead atoms. The number of rotatable bonds is 7. The maximum atomic E-state index is 12.8. The maximum Gasteiger partial charge on any atom is 0.251 e. The second kappa shape index (κ2) is 10.9. The van der Waals surface area contributed by atoms with Gasteiger partial charge in [0.05, 0.1) is 32.0 Å². The Hall–Kier alpha value is -1.51. The van der Waals surface area contributed by atoms with Crippen LogP contribution in [0.25, 0.3) is 0 Å². The fraction of sp³-hybridized carbons (Fsp3) is 0.708. The highest BCUT2D eigenvalue weighted by atomic mass is 16.5. The largest absolute Gasteiger partial charge is 0.381 e. The van der Waals surface area contributed by atoms with Gasteiger partial charge in [0.15, 0.2) is 0 Å². The highest BCUT2D eigenvalue weighted by Gasteiger charge is 2.31. The summed E-state index contributed by atoms with van der Waals surface area (Å²) < 4.78 is 17.0. The minimum atomic E-state index is -0.00246. The second-order valence-electron chi connectivity index (χ2n) is 9.20.